The van der Waals surface area contributed by atoms with Crippen LogP contribution in [-0.2, 0) is 16.2 Å². The summed E-state index contributed by atoms with van der Waals surface area (Å²) in [6.45, 7) is 9.61. The molecule has 2 heteroatoms. The molecule has 64 heavy (non-hydrogen) atoms. The van der Waals surface area contributed by atoms with Gasteiger partial charge in [0.1, 0.15) is 0 Å². The van der Waals surface area contributed by atoms with Gasteiger partial charge in [-0.2, -0.15) is 0 Å². The lowest BCUT2D eigenvalue weighted by Gasteiger charge is -2.34. The van der Waals surface area contributed by atoms with E-state index in [-0.39, 0.29) is 10.8 Å². The first-order valence-corrected chi connectivity index (χ1v) is 22.7. The Hall–Kier alpha value is -7.42. The van der Waals surface area contributed by atoms with Gasteiger partial charge in [-0.05, 0) is 127 Å². The molecule has 2 nitrogen and oxygen atoms in total. The topological polar surface area (TPSA) is 8.17 Å². The first-order chi connectivity index (χ1) is 31.2. The van der Waals surface area contributed by atoms with Crippen LogP contribution in [0.5, 0.6) is 0 Å². The van der Waals surface area contributed by atoms with Gasteiger partial charge in [-0.15, -0.1) is 0 Å². The van der Waals surface area contributed by atoms with Crippen LogP contribution < -0.4 is 4.90 Å². The fraction of sp³-hybridized carbons (Fsp3) is 0.129. The molecule has 0 radical (unpaired) electrons. The number of rotatable bonds is 7. The van der Waals surface area contributed by atoms with Crippen molar-refractivity contribution < 1.29 is 0 Å². The number of para-hydroxylation sites is 1. The van der Waals surface area contributed by atoms with Crippen molar-refractivity contribution in [1.82, 2.24) is 4.57 Å². The summed E-state index contributed by atoms with van der Waals surface area (Å²) >= 11 is 0. The molecule has 0 N–H and O–H groups in total. The Labute approximate surface area is 376 Å². The van der Waals surface area contributed by atoms with Gasteiger partial charge in [-0.3, -0.25) is 0 Å². The van der Waals surface area contributed by atoms with Gasteiger partial charge < -0.3 is 9.47 Å². The van der Waals surface area contributed by atoms with Gasteiger partial charge in [0.15, 0.2) is 0 Å². The van der Waals surface area contributed by atoms with Gasteiger partial charge in [0.2, 0.25) is 0 Å². The van der Waals surface area contributed by atoms with E-state index < -0.39 is 5.41 Å². The minimum atomic E-state index is -0.464. The Morgan fingerprint density at radius 2 is 0.891 bits per heavy atom. The summed E-state index contributed by atoms with van der Waals surface area (Å²) in [6, 6.07) is 81.3. The first kappa shape index (κ1) is 38.3. The molecule has 2 aliphatic rings. The molecule has 0 fully saturated rings. The van der Waals surface area contributed by atoms with Gasteiger partial charge in [-0.25, -0.2) is 0 Å². The molecule has 0 bridgehead atoms. The Morgan fingerprint density at radius 3 is 1.58 bits per heavy atom. The third-order valence-corrected chi connectivity index (χ3v) is 14.5. The summed E-state index contributed by atoms with van der Waals surface area (Å²) in [5.74, 6) is 0. The number of benzene rings is 9. The van der Waals surface area contributed by atoms with E-state index in [4.69, 9.17) is 0 Å². The summed E-state index contributed by atoms with van der Waals surface area (Å²) in [7, 11) is 0. The SMILES string of the molecule is CC1(C)CC(C)(C)c2cc(-n3c4ccccc4c4ccc(N(c5ccc(-c6ccccc6)cc5)c5ccc(C6(c7ccccc7)c7ccccc7-c7ccccc76)cc5)cc43)ccc21. The highest BCUT2D eigenvalue weighted by Gasteiger charge is 2.46. The maximum absolute atomic E-state index is 2.49. The molecule has 10 aromatic rings. The van der Waals surface area contributed by atoms with E-state index in [0.717, 1.165) is 23.5 Å². The van der Waals surface area contributed by atoms with E-state index >= 15 is 0 Å². The van der Waals surface area contributed by atoms with Crippen LogP contribution in [0.3, 0.4) is 0 Å². The van der Waals surface area contributed by atoms with Crippen LogP contribution in [0.15, 0.2) is 218 Å². The Bertz CT molecular complexity index is 3340. The van der Waals surface area contributed by atoms with Gasteiger partial charge >= 0.3 is 0 Å². The Kier molecular flexibility index (Phi) is 8.55. The van der Waals surface area contributed by atoms with Crippen molar-refractivity contribution in [3.8, 4) is 27.9 Å². The molecule has 308 valence electrons. The Morgan fingerprint density at radius 1 is 0.375 bits per heavy atom. The molecule has 0 amide bonds. The minimum Gasteiger partial charge on any atom is -0.310 e. The van der Waals surface area contributed by atoms with E-state index in [9.17, 15) is 0 Å². The molecular weight excluding hydrogens is 773 g/mol. The van der Waals surface area contributed by atoms with Crippen LogP contribution >= 0.6 is 0 Å². The van der Waals surface area contributed by atoms with Crippen LogP contribution in [0.1, 0.15) is 67.5 Å². The monoisotopic (exact) mass is 822 g/mol. The highest BCUT2D eigenvalue weighted by molar-refractivity contribution is 6.10. The largest absolute Gasteiger partial charge is 0.310 e. The second kappa shape index (κ2) is 14.3. The van der Waals surface area contributed by atoms with Crippen molar-refractivity contribution in [2.75, 3.05) is 4.90 Å². The number of fused-ring (bicyclic) bond motifs is 7. The van der Waals surface area contributed by atoms with E-state index in [1.54, 1.807) is 0 Å². The van der Waals surface area contributed by atoms with Gasteiger partial charge in [0.25, 0.3) is 0 Å². The van der Waals surface area contributed by atoms with Crippen molar-refractivity contribution in [2.24, 2.45) is 0 Å². The van der Waals surface area contributed by atoms with Crippen molar-refractivity contribution in [1.29, 1.82) is 0 Å². The molecule has 1 heterocycles. The van der Waals surface area contributed by atoms with Crippen molar-refractivity contribution in [3.05, 3.63) is 252 Å². The van der Waals surface area contributed by atoms with Crippen molar-refractivity contribution in [3.63, 3.8) is 0 Å². The van der Waals surface area contributed by atoms with Crippen LogP contribution in [-0.4, -0.2) is 4.57 Å². The zero-order valence-corrected chi connectivity index (χ0v) is 36.9. The predicted octanol–water partition coefficient (Wildman–Crippen LogP) is 16.2. The lowest BCUT2D eigenvalue weighted by atomic mass is 9.68. The van der Waals surface area contributed by atoms with Crippen LogP contribution in [0.2, 0.25) is 0 Å². The smallest absolute Gasteiger partial charge is 0.0713 e. The van der Waals surface area contributed by atoms with Gasteiger partial charge in [-0.1, -0.05) is 191 Å². The number of aromatic nitrogens is 1. The molecule has 0 unspecified atom stereocenters. The summed E-state index contributed by atoms with van der Waals surface area (Å²) < 4.78 is 2.49. The maximum Gasteiger partial charge on any atom is 0.0713 e. The minimum absolute atomic E-state index is 0.0926. The quantitative estimate of drug-likeness (QED) is 0.155. The van der Waals surface area contributed by atoms with E-state index in [0.29, 0.717) is 0 Å². The highest BCUT2D eigenvalue weighted by atomic mass is 15.1. The molecule has 0 saturated heterocycles. The third-order valence-electron chi connectivity index (χ3n) is 14.5. The maximum atomic E-state index is 2.49. The summed E-state index contributed by atoms with van der Waals surface area (Å²) in [6.07, 6.45) is 1.14. The summed E-state index contributed by atoms with van der Waals surface area (Å²) in [4.78, 5) is 2.43. The molecule has 0 saturated carbocycles. The van der Waals surface area contributed by atoms with E-state index in [1.165, 1.54) is 83.1 Å². The molecule has 0 aliphatic heterocycles. The van der Waals surface area contributed by atoms with Crippen molar-refractivity contribution >= 4 is 38.9 Å². The first-order valence-electron chi connectivity index (χ1n) is 22.7. The zero-order chi connectivity index (χ0) is 43.2. The second-order valence-corrected chi connectivity index (χ2v) is 19.2. The molecule has 1 aromatic heterocycles. The average Bonchev–Trinajstić information content (AvgIpc) is 3.89. The normalized spacial score (nSPS) is 15.2. The molecule has 9 aromatic carbocycles. The number of nitrogens with zero attached hydrogens (tertiary/aromatic N) is 2. The van der Waals surface area contributed by atoms with Crippen LogP contribution in [0.25, 0.3) is 49.7 Å². The number of hydrogen-bond donors (Lipinski definition) is 0. The van der Waals surface area contributed by atoms with Crippen LogP contribution in [0, 0.1) is 0 Å². The molecule has 0 atom stereocenters. The predicted molar refractivity (Wildman–Crippen MR) is 269 cm³/mol. The third kappa shape index (κ3) is 5.72. The summed E-state index contributed by atoms with van der Waals surface area (Å²) in [5, 5.41) is 2.51. The van der Waals surface area contributed by atoms with Crippen molar-refractivity contribution in [2.45, 2.75) is 50.4 Å². The zero-order valence-electron chi connectivity index (χ0n) is 36.9. The van der Waals surface area contributed by atoms with E-state index in [1.807, 2.05) is 0 Å². The molecule has 12 rings (SSSR count). The van der Waals surface area contributed by atoms with Gasteiger partial charge in [0, 0.05) is 33.5 Å². The Balaban J connectivity index is 1.05. The standard InChI is InChI=1S/C62H50N2/c1-60(2)41-61(3,4)57-39-48(36-38-56(57)60)64-58-26-16-13-23-52(58)53-37-35-49(40-59(53)64)63(46-31-27-43(28-32-46)42-17-7-5-8-18-42)47-33-29-45(30-34-47)62(44-19-9-6-10-20-44)54-24-14-11-21-50(54)51-22-12-15-25-55(51)62/h5-40H,41H2,1-4H3. The lowest BCUT2D eigenvalue weighted by Crippen LogP contribution is -2.28. The number of hydrogen-bond acceptors (Lipinski definition) is 1. The van der Waals surface area contributed by atoms with E-state index in [2.05, 4.69) is 256 Å². The highest BCUT2D eigenvalue weighted by Crippen LogP contribution is 2.56. The van der Waals surface area contributed by atoms with Crippen LogP contribution in [0.4, 0.5) is 17.1 Å². The second-order valence-electron chi connectivity index (χ2n) is 19.2. The molecular formula is C62H50N2. The summed E-state index contributed by atoms with van der Waals surface area (Å²) in [5.41, 5.74) is 19.8. The lowest BCUT2D eigenvalue weighted by molar-refractivity contribution is 0.403. The average molecular weight is 823 g/mol. The van der Waals surface area contributed by atoms with Gasteiger partial charge in [0.05, 0.1) is 16.4 Å². The fourth-order valence-corrected chi connectivity index (χ4v) is 11.9. The molecule has 2 aliphatic carbocycles. The molecule has 0 spiro atoms. The fourth-order valence-electron chi connectivity index (χ4n) is 11.9. The number of anilines is 3.